The van der Waals surface area contributed by atoms with Crippen molar-refractivity contribution < 1.29 is 4.79 Å². The maximum atomic E-state index is 12.9. The highest BCUT2D eigenvalue weighted by molar-refractivity contribution is 7.15. The first-order valence-corrected chi connectivity index (χ1v) is 11.0. The molecule has 0 aliphatic rings. The molecule has 0 aliphatic carbocycles. The van der Waals surface area contributed by atoms with Crippen LogP contribution in [0.25, 0.3) is 22.2 Å². The number of hydrogen-bond acceptors (Lipinski definition) is 6. The van der Waals surface area contributed by atoms with E-state index in [4.69, 9.17) is 0 Å². The molecular weight excluding hydrogens is 422 g/mol. The van der Waals surface area contributed by atoms with Crippen LogP contribution in [0.2, 0.25) is 0 Å². The monoisotopic (exact) mass is 443 g/mol. The molecule has 9 heteroatoms. The van der Waals surface area contributed by atoms with Gasteiger partial charge < -0.3 is 5.32 Å². The Kier molecular flexibility index (Phi) is 5.02. The molecule has 32 heavy (non-hydrogen) atoms. The van der Waals surface area contributed by atoms with Crippen LogP contribution < -0.4 is 5.32 Å². The van der Waals surface area contributed by atoms with Crippen LogP contribution in [0.3, 0.4) is 0 Å². The Morgan fingerprint density at radius 2 is 1.75 bits per heavy atom. The van der Waals surface area contributed by atoms with Crippen LogP contribution >= 0.6 is 11.3 Å². The second-order valence-corrected chi connectivity index (χ2v) is 8.47. The lowest BCUT2D eigenvalue weighted by Crippen LogP contribution is -2.18. The van der Waals surface area contributed by atoms with Gasteiger partial charge in [0.2, 0.25) is 5.91 Å². The molecule has 1 N–H and O–H groups in total. The van der Waals surface area contributed by atoms with E-state index < -0.39 is 0 Å². The van der Waals surface area contributed by atoms with E-state index >= 15 is 0 Å². The zero-order valence-corrected chi connectivity index (χ0v) is 18.7. The van der Waals surface area contributed by atoms with Gasteiger partial charge in [0.05, 0.1) is 17.8 Å². The number of benzene rings is 1. The summed E-state index contributed by atoms with van der Waals surface area (Å²) in [6.07, 6.45) is 2.18. The molecule has 0 fully saturated rings. The fraction of sp³-hybridized carbons (Fsp3) is 0.174. The zero-order chi connectivity index (χ0) is 22.2. The maximum absolute atomic E-state index is 12.9. The number of imidazole rings is 1. The fourth-order valence-electron chi connectivity index (χ4n) is 3.60. The molecule has 4 aromatic heterocycles. The highest BCUT2D eigenvalue weighted by Gasteiger charge is 2.16. The molecule has 0 saturated carbocycles. The average Bonchev–Trinajstić information content (AvgIpc) is 3.43. The van der Waals surface area contributed by atoms with Crippen LogP contribution in [0, 0.1) is 20.8 Å². The molecule has 8 nitrogen and oxygen atoms in total. The number of fused-ring (bicyclic) bond motifs is 1. The number of amides is 1. The number of hydrogen-bond donors (Lipinski definition) is 1. The summed E-state index contributed by atoms with van der Waals surface area (Å²) >= 11 is 1.52. The molecule has 0 saturated heterocycles. The molecule has 0 atom stereocenters. The number of nitrogens with zero attached hydrogens (tertiary/aromatic N) is 6. The van der Waals surface area contributed by atoms with Gasteiger partial charge >= 0.3 is 0 Å². The minimum Gasteiger partial charge on any atom is -0.310 e. The van der Waals surface area contributed by atoms with Gasteiger partial charge in [0, 0.05) is 40.3 Å². The molecule has 0 aliphatic heterocycles. The first-order chi connectivity index (χ1) is 15.5. The van der Waals surface area contributed by atoms with Gasteiger partial charge in [-0.25, -0.2) is 15.0 Å². The van der Waals surface area contributed by atoms with Crippen molar-refractivity contribution in [2.75, 3.05) is 5.32 Å². The SMILES string of the molecule is Cc1cc(C)nc(-n2nc(C)cc2NC(=O)Cc2csc3nc(-c4ccccc4)cn23)n1. The average molecular weight is 444 g/mol. The lowest BCUT2D eigenvalue weighted by atomic mass is 10.2. The van der Waals surface area contributed by atoms with Crippen LogP contribution in [-0.2, 0) is 11.2 Å². The summed E-state index contributed by atoms with van der Waals surface area (Å²) in [4.78, 5) is 27.4. The quantitative estimate of drug-likeness (QED) is 0.441. The lowest BCUT2D eigenvalue weighted by molar-refractivity contribution is -0.115. The molecule has 5 rings (SSSR count). The maximum Gasteiger partial charge on any atom is 0.252 e. The first-order valence-electron chi connectivity index (χ1n) is 10.2. The Balaban J connectivity index is 1.39. The molecule has 0 spiro atoms. The lowest BCUT2D eigenvalue weighted by Gasteiger charge is -2.08. The molecule has 1 amide bonds. The number of thiazole rings is 1. The summed E-state index contributed by atoms with van der Waals surface area (Å²) in [6, 6.07) is 13.7. The number of carbonyl (C=O) groups is 1. The number of aryl methyl sites for hydroxylation is 3. The predicted molar refractivity (Wildman–Crippen MR) is 124 cm³/mol. The molecule has 0 bridgehead atoms. The van der Waals surface area contributed by atoms with Crippen molar-refractivity contribution >= 4 is 28.0 Å². The number of carbonyl (C=O) groups excluding carboxylic acids is 1. The molecule has 160 valence electrons. The Hall–Kier alpha value is -3.85. The summed E-state index contributed by atoms with van der Waals surface area (Å²) in [5, 5.41) is 9.39. The molecule has 5 aromatic rings. The third-order valence-electron chi connectivity index (χ3n) is 4.95. The molecule has 1 aromatic carbocycles. The third kappa shape index (κ3) is 3.90. The van der Waals surface area contributed by atoms with E-state index in [0.29, 0.717) is 11.8 Å². The van der Waals surface area contributed by atoms with Crippen molar-refractivity contribution in [3.05, 3.63) is 76.8 Å². The van der Waals surface area contributed by atoms with Crippen molar-refractivity contribution in [2.24, 2.45) is 0 Å². The summed E-state index contributed by atoms with van der Waals surface area (Å²) in [5.74, 6) is 0.829. The van der Waals surface area contributed by atoms with E-state index in [2.05, 4.69) is 25.4 Å². The van der Waals surface area contributed by atoms with Crippen molar-refractivity contribution in [1.29, 1.82) is 0 Å². The van der Waals surface area contributed by atoms with Crippen LogP contribution in [-0.4, -0.2) is 35.0 Å². The van der Waals surface area contributed by atoms with Gasteiger partial charge in [-0.3, -0.25) is 9.20 Å². The van der Waals surface area contributed by atoms with E-state index in [1.807, 2.05) is 79.2 Å². The van der Waals surface area contributed by atoms with Gasteiger partial charge in [-0.15, -0.1) is 11.3 Å². The van der Waals surface area contributed by atoms with E-state index in [-0.39, 0.29) is 12.3 Å². The van der Waals surface area contributed by atoms with Crippen molar-refractivity contribution in [1.82, 2.24) is 29.1 Å². The largest absolute Gasteiger partial charge is 0.310 e. The fourth-order valence-corrected chi connectivity index (χ4v) is 4.47. The Bertz CT molecular complexity index is 1410. The molecule has 0 unspecified atom stereocenters. The standard InChI is InChI=1S/C23H21N7OS/c1-14-9-15(2)25-22(24-14)30-20(10-16(3)28-30)27-21(31)11-18-13-32-23-26-19(12-29(18)23)17-7-5-4-6-8-17/h4-10,12-13H,11H2,1-3H3,(H,27,31). The van der Waals surface area contributed by atoms with Crippen molar-refractivity contribution in [3.8, 4) is 17.2 Å². The highest BCUT2D eigenvalue weighted by atomic mass is 32.1. The Morgan fingerprint density at radius 3 is 2.50 bits per heavy atom. The summed E-state index contributed by atoms with van der Waals surface area (Å²) in [6.45, 7) is 5.68. The summed E-state index contributed by atoms with van der Waals surface area (Å²) in [5.41, 5.74) is 5.26. The minimum absolute atomic E-state index is 0.148. The van der Waals surface area contributed by atoms with Crippen molar-refractivity contribution in [2.45, 2.75) is 27.2 Å². The van der Waals surface area contributed by atoms with Gasteiger partial charge in [-0.05, 0) is 26.8 Å². The second kappa shape index (κ2) is 8.01. The third-order valence-corrected chi connectivity index (χ3v) is 5.84. The van der Waals surface area contributed by atoms with Gasteiger partial charge in [0.25, 0.3) is 5.95 Å². The minimum atomic E-state index is -0.148. The number of nitrogens with one attached hydrogen (secondary N) is 1. The number of aromatic nitrogens is 6. The molecular formula is C23H21N7OS. The van der Waals surface area contributed by atoms with E-state index in [1.54, 1.807) is 4.68 Å². The van der Waals surface area contributed by atoms with Crippen molar-refractivity contribution in [3.63, 3.8) is 0 Å². The predicted octanol–water partition coefficient (Wildman–Crippen LogP) is 4.14. The van der Waals surface area contributed by atoms with Crippen LogP contribution in [0.4, 0.5) is 5.82 Å². The second-order valence-electron chi connectivity index (χ2n) is 7.63. The van der Waals surface area contributed by atoms with E-state index in [9.17, 15) is 4.79 Å². The normalized spacial score (nSPS) is 11.2. The topological polar surface area (TPSA) is 90.0 Å². The van der Waals surface area contributed by atoms with Crippen LogP contribution in [0.1, 0.15) is 22.8 Å². The Morgan fingerprint density at radius 1 is 1.00 bits per heavy atom. The Labute approximate surface area is 188 Å². The van der Waals surface area contributed by atoms with E-state index in [0.717, 1.165) is 39.0 Å². The van der Waals surface area contributed by atoms with Gasteiger partial charge in [-0.2, -0.15) is 9.78 Å². The molecule has 4 heterocycles. The zero-order valence-electron chi connectivity index (χ0n) is 17.9. The summed E-state index contributed by atoms with van der Waals surface area (Å²) < 4.78 is 3.54. The highest BCUT2D eigenvalue weighted by Crippen LogP contribution is 2.24. The van der Waals surface area contributed by atoms with Gasteiger partial charge in [0.1, 0.15) is 5.82 Å². The summed E-state index contributed by atoms with van der Waals surface area (Å²) in [7, 11) is 0. The van der Waals surface area contributed by atoms with E-state index in [1.165, 1.54) is 11.3 Å². The number of anilines is 1. The smallest absolute Gasteiger partial charge is 0.252 e. The van der Waals surface area contributed by atoms with Crippen LogP contribution in [0.15, 0.2) is 54.0 Å². The van der Waals surface area contributed by atoms with Gasteiger partial charge in [-0.1, -0.05) is 30.3 Å². The number of rotatable bonds is 5. The van der Waals surface area contributed by atoms with Gasteiger partial charge in [0.15, 0.2) is 4.96 Å². The molecule has 0 radical (unpaired) electrons. The first kappa shape index (κ1) is 20.1. The van der Waals surface area contributed by atoms with Crippen LogP contribution in [0.5, 0.6) is 0 Å².